The number of benzene rings is 1. The van der Waals surface area contributed by atoms with E-state index in [0.29, 0.717) is 0 Å². The molecule has 3 heteroatoms. The van der Waals surface area contributed by atoms with Gasteiger partial charge in [-0.2, -0.15) is 0 Å². The van der Waals surface area contributed by atoms with E-state index in [9.17, 15) is 0 Å². The lowest BCUT2D eigenvalue weighted by atomic mass is 9.75. The number of hydrogen-bond acceptors (Lipinski definition) is 2. The molecule has 1 heterocycles. The normalized spacial score (nSPS) is 20.2. The Bertz CT molecular complexity index is 360. The first-order valence-electron chi connectivity index (χ1n) is 7.86. The van der Waals surface area contributed by atoms with Gasteiger partial charge in [0.2, 0.25) is 0 Å². The lowest BCUT2D eigenvalue weighted by Crippen LogP contribution is -2.51. The van der Waals surface area contributed by atoms with Gasteiger partial charge < -0.3 is 9.31 Å². The summed E-state index contributed by atoms with van der Waals surface area (Å²) in [5.74, 6) is 0. The Hall–Kier alpha value is -0.795. The van der Waals surface area contributed by atoms with Crippen molar-refractivity contribution in [2.24, 2.45) is 0 Å². The van der Waals surface area contributed by atoms with E-state index in [0.717, 1.165) is 11.9 Å². The largest absolute Gasteiger partial charge is 0.494 e. The minimum atomic E-state index is -0.223. The zero-order valence-corrected chi connectivity index (χ0v) is 14.5. The van der Waals surface area contributed by atoms with Crippen LogP contribution in [0.3, 0.4) is 0 Å². The second-order valence-electron chi connectivity index (χ2n) is 5.27. The van der Waals surface area contributed by atoms with Crippen LogP contribution < -0.4 is 5.46 Å². The average Bonchev–Trinajstić information content (AvgIpc) is 2.42. The van der Waals surface area contributed by atoms with E-state index in [4.69, 9.17) is 9.31 Å². The molecule has 0 aromatic heterocycles. The predicted molar refractivity (Wildman–Crippen MR) is 89.6 cm³/mol. The fourth-order valence-electron chi connectivity index (χ4n) is 2.19. The van der Waals surface area contributed by atoms with E-state index in [1.165, 1.54) is 5.56 Å². The lowest BCUT2D eigenvalue weighted by molar-refractivity contribution is -0.0229. The van der Waals surface area contributed by atoms with Crippen molar-refractivity contribution in [3.8, 4) is 0 Å². The van der Waals surface area contributed by atoms with Crippen LogP contribution in [0.2, 0.25) is 0 Å². The van der Waals surface area contributed by atoms with Crippen LogP contribution in [0.15, 0.2) is 24.3 Å². The Kier molecular flexibility index (Phi) is 8.83. The standard InChI is InChI=1S/C13H19BO2.2C2H6/c1-10-5-7-12(8-6-10)14-15-11(2)9-13(3,4)16-14;2*1-2/h5-8,11H,9H2,1-4H3;2*1-2H3. The van der Waals surface area contributed by atoms with Gasteiger partial charge in [0.05, 0.1) is 5.60 Å². The zero-order chi connectivity index (χ0) is 15.8. The summed E-state index contributed by atoms with van der Waals surface area (Å²) < 4.78 is 11.8. The highest BCUT2D eigenvalue weighted by Crippen LogP contribution is 2.25. The van der Waals surface area contributed by atoms with Gasteiger partial charge in [-0.1, -0.05) is 57.5 Å². The van der Waals surface area contributed by atoms with Crippen molar-refractivity contribution in [3.05, 3.63) is 29.8 Å². The van der Waals surface area contributed by atoms with Crippen molar-refractivity contribution < 1.29 is 9.31 Å². The minimum Gasteiger partial charge on any atom is -0.405 e. The fraction of sp³-hybridized carbons (Fsp3) is 0.647. The highest BCUT2D eigenvalue weighted by molar-refractivity contribution is 6.61. The molecule has 0 radical (unpaired) electrons. The van der Waals surface area contributed by atoms with Crippen LogP contribution in [0.1, 0.15) is 60.5 Å². The summed E-state index contributed by atoms with van der Waals surface area (Å²) in [6.45, 7) is 16.4. The highest BCUT2D eigenvalue weighted by Gasteiger charge is 2.37. The molecule has 1 fully saturated rings. The van der Waals surface area contributed by atoms with Crippen molar-refractivity contribution >= 4 is 12.6 Å². The summed E-state index contributed by atoms with van der Waals surface area (Å²) in [6.07, 6.45) is 1.19. The average molecular weight is 278 g/mol. The quantitative estimate of drug-likeness (QED) is 0.711. The summed E-state index contributed by atoms with van der Waals surface area (Å²) >= 11 is 0. The van der Waals surface area contributed by atoms with Crippen molar-refractivity contribution in [2.75, 3.05) is 0 Å². The van der Waals surface area contributed by atoms with Gasteiger partial charge in [-0.3, -0.25) is 0 Å². The Labute approximate surface area is 126 Å². The molecule has 2 rings (SSSR count). The molecule has 114 valence electrons. The zero-order valence-electron chi connectivity index (χ0n) is 14.5. The summed E-state index contributed by atoms with van der Waals surface area (Å²) in [4.78, 5) is 0. The Morgan fingerprint density at radius 2 is 1.55 bits per heavy atom. The molecule has 2 nitrogen and oxygen atoms in total. The Morgan fingerprint density at radius 1 is 1.05 bits per heavy atom. The van der Waals surface area contributed by atoms with Gasteiger partial charge in [0.1, 0.15) is 0 Å². The van der Waals surface area contributed by atoms with Crippen LogP contribution in [0.4, 0.5) is 0 Å². The second kappa shape index (κ2) is 9.20. The summed E-state index contributed by atoms with van der Waals surface area (Å²) in [5, 5.41) is 0. The van der Waals surface area contributed by atoms with Gasteiger partial charge in [0, 0.05) is 6.10 Å². The molecule has 1 aromatic carbocycles. The van der Waals surface area contributed by atoms with Crippen LogP contribution in [0.25, 0.3) is 0 Å². The topological polar surface area (TPSA) is 18.5 Å². The fourth-order valence-corrected chi connectivity index (χ4v) is 2.19. The molecule has 1 aliphatic heterocycles. The molecule has 0 bridgehead atoms. The molecule has 1 aromatic rings. The van der Waals surface area contributed by atoms with E-state index in [-0.39, 0.29) is 18.8 Å². The number of rotatable bonds is 1. The van der Waals surface area contributed by atoms with E-state index >= 15 is 0 Å². The lowest BCUT2D eigenvalue weighted by Gasteiger charge is -2.38. The molecule has 0 spiro atoms. The first-order valence-corrected chi connectivity index (χ1v) is 7.86. The summed E-state index contributed by atoms with van der Waals surface area (Å²) in [5.41, 5.74) is 2.25. The molecule has 1 unspecified atom stereocenters. The van der Waals surface area contributed by atoms with Crippen molar-refractivity contribution in [3.63, 3.8) is 0 Å². The number of hydrogen-bond donors (Lipinski definition) is 0. The Balaban J connectivity index is 0.000000829. The summed E-state index contributed by atoms with van der Waals surface area (Å²) in [7, 11) is -0.223. The molecule has 0 saturated carbocycles. The maximum atomic E-state index is 5.95. The molecular weight excluding hydrogens is 247 g/mol. The molecule has 0 aliphatic carbocycles. The van der Waals surface area contributed by atoms with Gasteiger partial charge in [-0.25, -0.2) is 0 Å². The van der Waals surface area contributed by atoms with Crippen molar-refractivity contribution in [1.82, 2.24) is 0 Å². The molecule has 1 atom stereocenters. The van der Waals surface area contributed by atoms with Crippen LogP contribution >= 0.6 is 0 Å². The van der Waals surface area contributed by atoms with Crippen LogP contribution in [0.5, 0.6) is 0 Å². The van der Waals surface area contributed by atoms with Gasteiger partial charge in [0.25, 0.3) is 0 Å². The van der Waals surface area contributed by atoms with E-state index in [1.807, 2.05) is 27.7 Å². The predicted octanol–water partition coefficient (Wildman–Crippen LogP) is 4.35. The smallest absolute Gasteiger partial charge is 0.405 e. The van der Waals surface area contributed by atoms with Crippen LogP contribution in [-0.2, 0) is 9.31 Å². The molecule has 0 N–H and O–H groups in total. The Morgan fingerprint density at radius 3 is 2.00 bits per heavy atom. The third-order valence-corrected chi connectivity index (χ3v) is 2.91. The van der Waals surface area contributed by atoms with E-state index < -0.39 is 0 Å². The first kappa shape index (κ1) is 19.2. The molecule has 1 aliphatic rings. The third kappa shape index (κ3) is 6.10. The van der Waals surface area contributed by atoms with Gasteiger partial charge in [-0.05, 0) is 39.6 Å². The minimum absolute atomic E-state index is 0.104. The van der Waals surface area contributed by atoms with Gasteiger partial charge in [-0.15, -0.1) is 0 Å². The van der Waals surface area contributed by atoms with Crippen molar-refractivity contribution in [2.45, 2.75) is 73.5 Å². The summed E-state index contributed by atoms with van der Waals surface area (Å²) in [6, 6.07) is 8.34. The maximum absolute atomic E-state index is 5.95. The van der Waals surface area contributed by atoms with E-state index in [2.05, 4.69) is 52.0 Å². The van der Waals surface area contributed by atoms with Crippen LogP contribution in [-0.4, -0.2) is 18.8 Å². The monoisotopic (exact) mass is 278 g/mol. The molecule has 1 saturated heterocycles. The second-order valence-corrected chi connectivity index (χ2v) is 5.27. The van der Waals surface area contributed by atoms with Crippen molar-refractivity contribution in [1.29, 1.82) is 0 Å². The highest BCUT2D eigenvalue weighted by atomic mass is 16.6. The van der Waals surface area contributed by atoms with Gasteiger partial charge in [0.15, 0.2) is 0 Å². The molecule has 0 amide bonds. The number of aryl methyl sites for hydroxylation is 1. The van der Waals surface area contributed by atoms with Crippen LogP contribution in [0, 0.1) is 6.92 Å². The van der Waals surface area contributed by atoms with Gasteiger partial charge >= 0.3 is 7.12 Å². The third-order valence-electron chi connectivity index (χ3n) is 2.91. The first-order chi connectivity index (χ1) is 9.46. The molecule has 20 heavy (non-hydrogen) atoms. The molecular formula is C17H31BO2. The van der Waals surface area contributed by atoms with E-state index in [1.54, 1.807) is 0 Å². The maximum Gasteiger partial charge on any atom is 0.494 e. The SMILES string of the molecule is CC.CC.Cc1ccc(B2OC(C)CC(C)(C)O2)cc1.